The Bertz CT molecular complexity index is 1260. The van der Waals surface area contributed by atoms with Gasteiger partial charge in [-0.3, -0.25) is 4.40 Å². The molecule has 0 saturated carbocycles. The van der Waals surface area contributed by atoms with E-state index in [2.05, 4.69) is 5.32 Å². The molecule has 4 rings (SSSR count). The third-order valence-electron chi connectivity index (χ3n) is 5.16. The molecule has 0 spiro atoms. The van der Waals surface area contributed by atoms with Gasteiger partial charge in [0, 0.05) is 29.6 Å². The molecule has 0 aliphatic carbocycles. The molecule has 2 N–H and O–H groups in total. The topological polar surface area (TPSA) is 86.5 Å². The van der Waals surface area contributed by atoms with Crippen LogP contribution < -0.4 is 24.3 Å². The Balaban J connectivity index is 1.89. The number of methoxy groups -OCH3 is 4. The molecule has 8 nitrogen and oxygen atoms in total. The van der Waals surface area contributed by atoms with E-state index in [0.717, 1.165) is 28.3 Å². The fourth-order valence-corrected chi connectivity index (χ4v) is 3.59. The first-order valence-electron chi connectivity index (χ1n) is 9.92. The first-order chi connectivity index (χ1) is 15.5. The van der Waals surface area contributed by atoms with E-state index in [1.54, 1.807) is 33.5 Å². The predicted molar refractivity (Wildman–Crippen MR) is 123 cm³/mol. The highest BCUT2D eigenvalue weighted by atomic mass is 16.5. The second-order valence-corrected chi connectivity index (χ2v) is 7.17. The molecule has 32 heavy (non-hydrogen) atoms. The van der Waals surface area contributed by atoms with E-state index >= 15 is 0 Å². The van der Waals surface area contributed by atoms with Gasteiger partial charge >= 0.3 is 0 Å². The summed E-state index contributed by atoms with van der Waals surface area (Å²) in [6.45, 7) is 2.01. The number of ether oxygens (including phenoxy) is 4. The van der Waals surface area contributed by atoms with Crippen LogP contribution in [0, 0.1) is 6.92 Å². The lowest BCUT2D eigenvalue weighted by Gasteiger charge is -2.16. The highest BCUT2D eigenvalue weighted by molar-refractivity contribution is 5.81. The van der Waals surface area contributed by atoms with Gasteiger partial charge in [0.15, 0.2) is 23.0 Å². The summed E-state index contributed by atoms with van der Waals surface area (Å²) in [5, 5.41) is 13.8. The molecule has 0 saturated heterocycles. The molecule has 166 valence electrons. The van der Waals surface area contributed by atoms with Crippen LogP contribution >= 0.6 is 0 Å². The Morgan fingerprint density at radius 3 is 2.12 bits per heavy atom. The number of hydrogen-bond donors (Lipinski definition) is 2. The van der Waals surface area contributed by atoms with Crippen molar-refractivity contribution >= 4 is 17.2 Å². The van der Waals surface area contributed by atoms with Gasteiger partial charge in [-0.05, 0) is 42.8 Å². The molecule has 4 aromatic rings. The lowest BCUT2D eigenvalue weighted by Crippen LogP contribution is -2.00. The number of nitrogens with one attached hydrogen (secondary N) is 1. The van der Waals surface area contributed by atoms with E-state index in [1.807, 2.05) is 47.9 Å². The fraction of sp³-hybridized carbons (Fsp3) is 0.208. The summed E-state index contributed by atoms with van der Waals surface area (Å²) in [5.74, 6) is 2.73. The lowest BCUT2D eigenvalue weighted by atomic mass is 10.1. The number of nitrogens with zero attached hydrogens (tertiary/aromatic N) is 2. The van der Waals surface area contributed by atoms with Gasteiger partial charge in [-0.2, -0.15) is 0 Å². The summed E-state index contributed by atoms with van der Waals surface area (Å²) in [7, 11) is 6.22. The summed E-state index contributed by atoms with van der Waals surface area (Å²) >= 11 is 0. The molecule has 8 heteroatoms. The second-order valence-electron chi connectivity index (χ2n) is 7.17. The SMILES string of the molecule is COc1ccc(-c2nc3cc(C)ccn3c2Nc2cc(OC)c(OC)c(OC)c2)cc1O. The number of pyridine rings is 1. The van der Waals surface area contributed by atoms with Gasteiger partial charge < -0.3 is 29.4 Å². The summed E-state index contributed by atoms with van der Waals surface area (Å²) in [5.41, 5.74) is 3.99. The average molecular weight is 435 g/mol. The molecule has 0 aliphatic heterocycles. The molecule has 2 aromatic carbocycles. The van der Waals surface area contributed by atoms with Gasteiger partial charge in [0.1, 0.15) is 17.2 Å². The van der Waals surface area contributed by atoms with Crippen molar-refractivity contribution in [2.24, 2.45) is 0 Å². The number of hydrogen-bond acceptors (Lipinski definition) is 7. The minimum Gasteiger partial charge on any atom is -0.504 e. The molecule has 0 radical (unpaired) electrons. The van der Waals surface area contributed by atoms with Crippen molar-refractivity contribution in [1.82, 2.24) is 9.38 Å². The number of fused-ring (bicyclic) bond motifs is 1. The fourth-order valence-electron chi connectivity index (χ4n) is 3.59. The standard InChI is InChI=1S/C24H25N3O5/c1-14-8-9-27-21(10-14)26-22(15-6-7-18(29-2)17(28)11-15)24(27)25-16-12-19(30-3)23(32-5)20(13-16)31-4/h6-13,25,28H,1-5H3. The first-order valence-corrected chi connectivity index (χ1v) is 9.92. The molecular weight excluding hydrogens is 410 g/mol. The van der Waals surface area contributed by atoms with Crippen LogP contribution in [0.15, 0.2) is 48.7 Å². The molecule has 0 fully saturated rings. The molecule has 2 aromatic heterocycles. The van der Waals surface area contributed by atoms with Crippen LogP contribution in [-0.4, -0.2) is 42.9 Å². The van der Waals surface area contributed by atoms with E-state index in [4.69, 9.17) is 23.9 Å². The van der Waals surface area contributed by atoms with Gasteiger partial charge in [-0.15, -0.1) is 0 Å². The summed E-state index contributed by atoms with van der Waals surface area (Å²) in [6.07, 6.45) is 1.95. The summed E-state index contributed by atoms with van der Waals surface area (Å²) < 4.78 is 23.5. The summed E-state index contributed by atoms with van der Waals surface area (Å²) in [4.78, 5) is 4.82. The van der Waals surface area contributed by atoms with Gasteiger partial charge in [-0.1, -0.05) is 0 Å². The zero-order valence-electron chi connectivity index (χ0n) is 18.6. The monoisotopic (exact) mass is 435 g/mol. The minimum atomic E-state index is 0.0389. The first kappa shape index (κ1) is 21.2. The van der Waals surface area contributed by atoms with Crippen molar-refractivity contribution in [3.05, 3.63) is 54.2 Å². The van der Waals surface area contributed by atoms with Crippen molar-refractivity contribution in [1.29, 1.82) is 0 Å². The van der Waals surface area contributed by atoms with Crippen LogP contribution in [-0.2, 0) is 0 Å². The third kappa shape index (κ3) is 3.71. The van der Waals surface area contributed by atoms with Crippen molar-refractivity contribution < 1.29 is 24.1 Å². The molecule has 0 aliphatic rings. The Morgan fingerprint density at radius 1 is 0.844 bits per heavy atom. The zero-order chi connectivity index (χ0) is 22.8. The van der Waals surface area contributed by atoms with Crippen LogP contribution in [0.25, 0.3) is 16.9 Å². The largest absolute Gasteiger partial charge is 0.504 e. The number of aromatic nitrogens is 2. The van der Waals surface area contributed by atoms with Crippen molar-refractivity contribution in [3.8, 4) is 40.0 Å². The number of phenolic OH excluding ortho intramolecular Hbond substituents is 1. The van der Waals surface area contributed by atoms with Gasteiger partial charge in [0.2, 0.25) is 5.75 Å². The maximum Gasteiger partial charge on any atom is 0.203 e. The maximum atomic E-state index is 10.3. The van der Waals surface area contributed by atoms with Crippen LogP contribution in [0.3, 0.4) is 0 Å². The number of anilines is 2. The lowest BCUT2D eigenvalue weighted by molar-refractivity contribution is 0.324. The van der Waals surface area contributed by atoms with Crippen LogP contribution in [0.5, 0.6) is 28.7 Å². The number of rotatable bonds is 7. The van der Waals surface area contributed by atoms with E-state index in [9.17, 15) is 5.11 Å². The van der Waals surface area contributed by atoms with Gasteiger partial charge in [0.05, 0.1) is 28.4 Å². The molecule has 0 atom stereocenters. The zero-order valence-corrected chi connectivity index (χ0v) is 18.6. The quantitative estimate of drug-likeness (QED) is 0.431. The smallest absolute Gasteiger partial charge is 0.203 e. The molecule has 2 heterocycles. The van der Waals surface area contributed by atoms with E-state index in [1.165, 1.54) is 7.11 Å². The molecule has 0 amide bonds. The highest BCUT2D eigenvalue weighted by Crippen LogP contribution is 2.42. The maximum absolute atomic E-state index is 10.3. The van der Waals surface area contributed by atoms with E-state index in [-0.39, 0.29) is 5.75 Å². The highest BCUT2D eigenvalue weighted by Gasteiger charge is 2.19. The molecule has 0 bridgehead atoms. The van der Waals surface area contributed by atoms with Crippen LogP contribution in [0.2, 0.25) is 0 Å². The second kappa shape index (κ2) is 8.58. The number of benzene rings is 2. The number of aryl methyl sites for hydroxylation is 1. The number of imidazole rings is 1. The Kier molecular flexibility index (Phi) is 5.68. The predicted octanol–water partition coefficient (Wildman–Crippen LogP) is 4.79. The Hall–Kier alpha value is -4.07. The molecular formula is C24H25N3O5. The average Bonchev–Trinajstić information content (AvgIpc) is 3.15. The summed E-state index contributed by atoms with van der Waals surface area (Å²) in [6, 6.07) is 12.8. The number of aromatic hydroxyl groups is 1. The normalized spacial score (nSPS) is 10.8. The van der Waals surface area contributed by atoms with Gasteiger partial charge in [-0.25, -0.2) is 4.98 Å². The van der Waals surface area contributed by atoms with Crippen LogP contribution in [0.4, 0.5) is 11.5 Å². The van der Waals surface area contributed by atoms with Crippen molar-refractivity contribution in [2.75, 3.05) is 33.8 Å². The third-order valence-corrected chi connectivity index (χ3v) is 5.16. The van der Waals surface area contributed by atoms with Crippen molar-refractivity contribution in [3.63, 3.8) is 0 Å². The van der Waals surface area contributed by atoms with E-state index in [0.29, 0.717) is 28.7 Å². The Labute approximate surface area is 186 Å². The van der Waals surface area contributed by atoms with Crippen molar-refractivity contribution in [2.45, 2.75) is 6.92 Å². The van der Waals surface area contributed by atoms with Gasteiger partial charge in [0.25, 0.3) is 0 Å². The van der Waals surface area contributed by atoms with Crippen LogP contribution in [0.1, 0.15) is 5.56 Å². The number of phenols is 1. The molecule has 0 unspecified atom stereocenters. The Morgan fingerprint density at radius 2 is 1.53 bits per heavy atom. The van der Waals surface area contributed by atoms with E-state index < -0.39 is 0 Å². The minimum absolute atomic E-state index is 0.0389.